The number of aryl methyl sites for hydroxylation is 1. The predicted molar refractivity (Wildman–Crippen MR) is 88.8 cm³/mol. The normalized spacial score (nSPS) is 18.7. The van der Waals surface area contributed by atoms with Crippen molar-refractivity contribution < 1.29 is 4.74 Å². The van der Waals surface area contributed by atoms with Gasteiger partial charge in [-0.3, -0.25) is 4.90 Å². The van der Waals surface area contributed by atoms with Crippen LogP contribution in [0.3, 0.4) is 0 Å². The summed E-state index contributed by atoms with van der Waals surface area (Å²) in [5.41, 5.74) is 9.03. The molecule has 0 aliphatic heterocycles. The molecule has 0 aromatic heterocycles. The largest absolute Gasteiger partial charge is 0.497 e. The minimum Gasteiger partial charge on any atom is -0.497 e. The first-order valence-corrected chi connectivity index (χ1v) is 8.11. The quantitative estimate of drug-likeness (QED) is 0.873. The van der Waals surface area contributed by atoms with Crippen LogP contribution in [0.5, 0.6) is 5.75 Å². The molecule has 3 nitrogen and oxygen atoms in total. The lowest BCUT2D eigenvalue weighted by Gasteiger charge is -2.39. The monoisotopic (exact) mass is 290 g/mol. The second kappa shape index (κ2) is 6.80. The summed E-state index contributed by atoms with van der Waals surface area (Å²) in [5.74, 6) is 0.967. The molecule has 2 rings (SSSR count). The number of methoxy groups -OCH3 is 1. The molecule has 1 aliphatic rings. The maximum atomic E-state index is 5.93. The van der Waals surface area contributed by atoms with E-state index in [1.165, 1.54) is 30.4 Å². The zero-order chi connectivity index (χ0) is 15.5. The lowest BCUT2D eigenvalue weighted by Crippen LogP contribution is -2.41. The van der Waals surface area contributed by atoms with E-state index in [-0.39, 0.29) is 5.41 Å². The van der Waals surface area contributed by atoms with Gasteiger partial charge in [0.05, 0.1) is 7.11 Å². The van der Waals surface area contributed by atoms with E-state index in [1.807, 2.05) is 0 Å². The zero-order valence-electron chi connectivity index (χ0n) is 14.0. The Morgan fingerprint density at radius 2 is 2.14 bits per heavy atom. The van der Waals surface area contributed by atoms with Gasteiger partial charge in [-0.15, -0.1) is 0 Å². The molecule has 0 radical (unpaired) electrons. The van der Waals surface area contributed by atoms with Gasteiger partial charge in [-0.25, -0.2) is 0 Å². The van der Waals surface area contributed by atoms with Gasteiger partial charge in [0.2, 0.25) is 0 Å². The minimum atomic E-state index is 0.159. The number of hydrogen-bond acceptors (Lipinski definition) is 3. The van der Waals surface area contributed by atoms with Gasteiger partial charge < -0.3 is 10.5 Å². The molecule has 118 valence electrons. The van der Waals surface area contributed by atoms with Gasteiger partial charge in [-0.2, -0.15) is 0 Å². The van der Waals surface area contributed by atoms with Gasteiger partial charge in [-0.05, 0) is 61.0 Å². The molecule has 0 bridgehead atoms. The Morgan fingerprint density at radius 1 is 1.38 bits per heavy atom. The molecule has 1 aromatic rings. The SMILES string of the molecule is CCN(CC(C)(C)CN)C1CCCc2ccc(OC)cc21. The van der Waals surface area contributed by atoms with E-state index in [1.54, 1.807) is 7.11 Å². The Balaban J connectivity index is 2.28. The molecule has 0 spiro atoms. The van der Waals surface area contributed by atoms with Crippen LogP contribution in [-0.2, 0) is 6.42 Å². The van der Waals surface area contributed by atoms with Crippen LogP contribution in [0.4, 0.5) is 0 Å². The third kappa shape index (κ3) is 3.78. The van der Waals surface area contributed by atoms with Crippen molar-refractivity contribution in [3.05, 3.63) is 29.3 Å². The molecule has 1 aliphatic carbocycles. The first-order chi connectivity index (χ1) is 10.0. The van der Waals surface area contributed by atoms with Gasteiger partial charge in [0, 0.05) is 12.6 Å². The van der Waals surface area contributed by atoms with E-state index in [0.29, 0.717) is 6.04 Å². The molecule has 1 atom stereocenters. The molecule has 21 heavy (non-hydrogen) atoms. The van der Waals surface area contributed by atoms with Crippen molar-refractivity contribution in [1.29, 1.82) is 0 Å². The molecule has 1 aromatic carbocycles. The first kappa shape index (κ1) is 16.3. The smallest absolute Gasteiger partial charge is 0.119 e. The van der Waals surface area contributed by atoms with Crippen LogP contribution in [-0.4, -0.2) is 31.6 Å². The van der Waals surface area contributed by atoms with Crippen molar-refractivity contribution in [3.63, 3.8) is 0 Å². The fourth-order valence-electron chi connectivity index (χ4n) is 3.32. The molecule has 0 fully saturated rings. The first-order valence-electron chi connectivity index (χ1n) is 8.11. The van der Waals surface area contributed by atoms with Crippen molar-refractivity contribution in [1.82, 2.24) is 4.90 Å². The van der Waals surface area contributed by atoms with E-state index in [4.69, 9.17) is 10.5 Å². The highest BCUT2D eigenvalue weighted by atomic mass is 16.5. The number of hydrogen-bond donors (Lipinski definition) is 1. The molecular weight excluding hydrogens is 260 g/mol. The maximum Gasteiger partial charge on any atom is 0.119 e. The number of fused-ring (bicyclic) bond motifs is 1. The summed E-state index contributed by atoms with van der Waals surface area (Å²) in [4.78, 5) is 2.59. The van der Waals surface area contributed by atoms with Crippen molar-refractivity contribution >= 4 is 0 Å². The van der Waals surface area contributed by atoms with E-state index in [9.17, 15) is 0 Å². The summed E-state index contributed by atoms with van der Waals surface area (Å²) in [6.07, 6.45) is 3.69. The summed E-state index contributed by atoms with van der Waals surface area (Å²) in [5, 5.41) is 0. The Morgan fingerprint density at radius 3 is 2.76 bits per heavy atom. The lowest BCUT2D eigenvalue weighted by molar-refractivity contribution is 0.127. The second-order valence-corrected chi connectivity index (χ2v) is 6.90. The van der Waals surface area contributed by atoms with E-state index in [2.05, 4.69) is 43.9 Å². The van der Waals surface area contributed by atoms with Crippen LogP contribution < -0.4 is 10.5 Å². The van der Waals surface area contributed by atoms with Gasteiger partial charge in [0.1, 0.15) is 5.75 Å². The number of rotatable bonds is 6. The molecule has 0 saturated carbocycles. The van der Waals surface area contributed by atoms with E-state index < -0.39 is 0 Å². The van der Waals surface area contributed by atoms with Crippen LogP contribution in [0.15, 0.2) is 18.2 Å². The summed E-state index contributed by atoms with van der Waals surface area (Å²) >= 11 is 0. The highest BCUT2D eigenvalue weighted by Crippen LogP contribution is 2.37. The molecule has 3 heteroatoms. The van der Waals surface area contributed by atoms with Crippen molar-refractivity contribution in [3.8, 4) is 5.75 Å². The third-order valence-corrected chi connectivity index (χ3v) is 4.67. The molecule has 0 amide bonds. The maximum absolute atomic E-state index is 5.93. The zero-order valence-corrected chi connectivity index (χ0v) is 14.0. The number of benzene rings is 1. The molecule has 1 unspecified atom stereocenters. The fraction of sp³-hybridized carbons (Fsp3) is 0.667. The number of nitrogens with two attached hydrogens (primary N) is 1. The van der Waals surface area contributed by atoms with Gasteiger partial charge in [0.25, 0.3) is 0 Å². The van der Waals surface area contributed by atoms with E-state index >= 15 is 0 Å². The summed E-state index contributed by atoms with van der Waals surface area (Å²) in [7, 11) is 1.74. The van der Waals surface area contributed by atoms with Crippen molar-refractivity contribution in [2.45, 2.75) is 46.1 Å². The third-order valence-electron chi connectivity index (χ3n) is 4.67. The standard InChI is InChI=1S/C18H30N2O/c1-5-20(13-18(2,3)12-19)17-8-6-7-14-9-10-15(21-4)11-16(14)17/h9-11,17H,5-8,12-13,19H2,1-4H3. The Labute approximate surface area is 129 Å². The van der Waals surface area contributed by atoms with Crippen LogP contribution in [0.1, 0.15) is 50.8 Å². The van der Waals surface area contributed by atoms with Crippen molar-refractivity contribution in [2.75, 3.05) is 26.7 Å². The predicted octanol–water partition coefficient (Wildman–Crippen LogP) is 3.38. The number of ether oxygens (including phenoxy) is 1. The topological polar surface area (TPSA) is 38.5 Å². The Hall–Kier alpha value is -1.06. The minimum absolute atomic E-state index is 0.159. The van der Waals surface area contributed by atoms with Gasteiger partial charge in [0.15, 0.2) is 0 Å². The summed E-state index contributed by atoms with van der Waals surface area (Å²) < 4.78 is 5.43. The fourth-order valence-corrected chi connectivity index (χ4v) is 3.32. The highest BCUT2D eigenvalue weighted by Gasteiger charge is 2.29. The van der Waals surface area contributed by atoms with Gasteiger partial charge >= 0.3 is 0 Å². The summed E-state index contributed by atoms with van der Waals surface area (Å²) in [6, 6.07) is 7.06. The Bertz CT molecular complexity index is 470. The molecule has 0 heterocycles. The average Bonchev–Trinajstić information content (AvgIpc) is 2.51. The van der Waals surface area contributed by atoms with Crippen LogP contribution in [0.2, 0.25) is 0 Å². The average molecular weight is 290 g/mol. The molecule has 2 N–H and O–H groups in total. The van der Waals surface area contributed by atoms with Gasteiger partial charge in [-0.1, -0.05) is 26.8 Å². The van der Waals surface area contributed by atoms with Crippen molar-refractivity contribution in [2.24, 2.45) is 11.1 Å². The highest BCUT2D eigenvalue weighted by molar-refractivity contribution is 5.39. The van der Waals surface area contributed by atoms with Crippen LogP contribution in [0.25, 0.3) is 0 Å². The number of nitrogens with zero attached hydrogens (tertiary/aromatic N) is 1. The molecular formula is C18H30N2O. The second-order valence-electron chi connectivity index (χ2n) is 6.90. The Kier molecular flexibility index (Phi) is 5.28. The lowest BCUT2D eigenvalue weighted by atomic mass is 9.84. The van der Waals surface area contributed by atoms with E-state index in [0.717, 1.165) is 25.4 Å². The summed E-state index contributed by atoms with van der Waals surface area (Å²) in [6.45, 7) is 9.59. The van der Waals surface area contributed by atoms with Crippen LogP contribution >= 0.6 is 0 Å². The van der Waals surface area contributed by atoms with Crippen LogP contribution in [0, 0.1) is 5.41 Å². The molecule has 0 saturated heterocycles.